The van der Waals surface area contributed by atoms with Gasteiger partial charge >= 0.3 is 12.0 Å². The Morgan fingerprint density at radius 2 is 1.77 bits per heavy atom. The normalized spacial score (nSPS) is 9.92. The molecule has 0 spiro atoms. The zero-order valence-corrected chi connectivity index (χ0v) is 14.7. The average molecular weight is 355 g/mol. The minimum atomic E-state index is -0.476. The first-order valence-corrected chi connectivity index (χ1v) is 8.07. The molecule has 2 aromatic carbocycles. The minimum absolute atomic E-state index is 0.197. The third kappa shape index (κ3) is 5.34. The van der Waals surface area contributed by atoms with Crippen LogP contribution in [0.5, 0.6) is 0 Å². The molecule has 0 aromatic heterocycles. The topological polar surface area (TPSA) is 87.7 Å². The maximum absolute atomic E-state index is 11.9. The maximum atomic E-state index is 11.9. The van der Waals surface area contributed by atoms with Crippen LogP contribution in [0.2, 0.25) is 0 Å². The van der Waals surface area contributed by atoms with Crippen molar-refractivity contribution in [1.82, 2.24) is 5.32 Å². The second-order valence-corrected chi connectivity index (χ2v) is 5.46. The number of benzene rings is 2. The van der Waals surface area contributed by atoms with E-state index in [1.54, 1.807) is 36.4 Å². The van der Waals surface area contributed by atoms with Gasteiger partial charge in [-0.2, -0.15) is 0 Å². The largest absolute Gasteiger partial charge is 0.465 e. The molecule has 0 aliphatic rings. The summed E-state index contributed by atoms with van der Waals surface area (Å²) in [7, 11) is 1.30. The highest BCUT2D eigenvalue weighted by atomic mass is 16.5. The van der Waals surface area contributed by atoms with Crippen molar-refractivity contribution in [3.05, 3.63) is 60.2 Å². The van der Waals surface area contributed by atoms with Gasteiger partial charge in [-0.1, -0.05) is 24.3 Å². The summed E-state index contributed by atoms with van der Waals surface area (Å²) >= 11 is 0. The summed E-state index contributed by atoms with van der Waals surface area (Å²) in [5.74, 6) is -0.673. The molecule has 7 heteroatoms. The van der Waals surface area contributed by atoms with E-state index in [4.69, 9.17) is 4.74 Å². The molecule has 0 radical (unpaired) electrons. The number of carbonyl (C=O) groups is 3. The highest BCUT2D eigenvalue weighted by Crippen LogP contribution is 2.17. The molecule has 0 fully saturated rings. The van der Waals surface area contributed by atoms with Crippen LogP contribution >= 0.6 is 0 Å². The van der Waals surface area contributed by atoms with Gasteiger partial charge in [-0.05, 0) is 30.3 Å². The molecule has 136 valence electrons. The first-order chi connectivity index (χ1) is 12.5. The SMILES string of the molecule is COC(=O)c1cccc(N(CCNC(=O)Nc2ccccc2)C(C)=O)c1. The van der Waals surface area contributed by atoms with Crippen molar-refractivity contribution in [3.63, 3.8) is 0 Å². The summed E-state index contributed by atoms with van der Waals surface area (Å²) in [6, 6.07) is 15.3. The number of methoxy groups -OCH3 is 1. The lowest BCUT2D eigenvalue weighted by molar-refractivity contribution is -0.116. The lowest BCUT2D eigenvalue weighted by Crippen LogP contribution is -2.39. The second kappa shape index (κ2) is 9.22. The van der Waals surface area contributed by atoms with Gasteiger partial charge in [0.1, 0.15) is 0 Å². The van der Waals surface area contributed by atoms with Crippen LogP contribution in [-0.4, -0.2) is 38.1 Å². The third-order valence-electron chi connectivity index (χ3n) is 3.61. The molecule has 26 heavy (non-hydrogen) atoms. The molecule has 0 atom stereocenters. The van der Waals surface area contributed by atoms with Gasteiger partial charge in [0, 0.05) is 31.4 Å². The Kier molecular flexibility index (Phi) is 6.73. The summed E-state index contributed by atoms with van der Waals surface area (Å²) in [5.41, 5.74) is 1.59. The number of esters is 1. The number of para-hydroxylation sites is 1. The van der Waals surface area contributed by atoms with Crippen LogP contribution < -0.4 is 15.5 Å². The fraction of sp³-hybridized carbons (Fsp3) is 0.211. The fourth-order valence-corrected chi connectivity index (χ4v) is 2.36. The molecule has 7 nitrogen and oxygen atoms in total. The summed E-state index contributed by atoms with van der Waals surface area (Å²) in [5, 5.41) is 5.40. The van der Waals surface area contributed by atoms with Gasteiger partial charge in [0.15, 0.2) is 0 Å². The summed E-state index contributed by atoms with van der Waals surface area (Å²) in [4.78, 5) is 37.0. The van der Waals surface area contributed by atoms with E-state index in [1.807, 2.05) is 18.2 Å². The maximum Gasteiger partial charge on any atom is 0.337 e. The van der Waals surface area contributed by atoms with E-state index in [1.165, 1.54) is 18.9 Å². The monoisotopic (exact) mass is 355 g/mol. The van der Waals surface area contributed by atoms with E-state index >= 15 is 0 Å². The number of amides is 3. The predicted molar refractivity (Wildman–Crippen MR) is 99.3 cm³/mol. The smallest absolute Gasteiger partial charge is 0.337 e. The molecule has 0 bridgehead atoms. The van der Waals surface area contributed by atoms with Crippen LogP contribution in [0.15, 0.2) is 54.6 Å². The number of rotatable bonds is 6. The van der Waals surface area contributed by atoms with Gasteiger partial charge in [-0.25, -0.2) is 9.59 Å². The zero-order chi connectivity index (χ0) is 18.9. The van der Waals surface area contributed by atoms with E-state index in [0.717, 1.165) is 0 Å². The number of urea groups is 1. The van der Waals surface area contributed by atoms with Gasteiger partial charge in [-0.15, -0.1) is 0 Å². The summed E-state index contributed by atoms with van der Waals surface area (Å²) < 4.78 is 4.69. The van der Waals surface area contributed by atoms with E-state index in [0.29, 0.717) is 16.9 Å². The van der Waals surface area contributed by atoms with Crippen LogP contribution in [0.1, 0.15) is 17.3 Å². The van der Waals surface area contributed by atoms with Gasteiger partial charge in [-0.3, -0.25) is 4.79 Å². The molecule has 0 saturated carbocycles. The molecule has 2 N–H and O–H groups in total. The number of ether oxygens (including phenoxy) is 1. The van der Waals surface area contributed by atoms with Crippen LogP contribution in [0.4, 0.5) is 16.2 Å². The van der Waals surface area contributed by atoms with Crippen LogP contribution in [-0.2, 0) is 9.53 Å². The van der Waals surface area contributed by atoms with Gasteiger partial charge < -0.3 is 20.3 Å². The van der Waals surface area contributed by atoms with Crippen molar-refractivity contribution >= 4 is 29.3 Å². The highest BCUT2D eigenvalue weighted by molar-refractivity contribution is 5.95. The Bertz CT molecular complexity index is 777. The Labute approximate surface area is 152 Å². The van der Waals surface area contributed by atoms with Crippen LogP contribution in [0.3, 0.4) is 0 Å². The molecular formula is C19H21N3O4. The summed E-state index contributed by atoms with van der Waals surface area (Å²) in [6.45, 7) is 1.94. The molecule has 0 heterocycles. The average Bonchev–Trinajstić information content (AvgIpc) is 2.65. The van der Waals surface area contributed by atoms with E-state index in [9.17, 15) is 14.4 Å². The van der Waals surface area contributed by atoms with Crippen LogP contribution in [0.25, 0.3) is 0 Å². The molecule has 0 aliphatic carbocycles. The Morgan fingerprint density at radius 1 is 1.04 bits per heavy atom. The Balaban J connectivity index is 1.95. The Morgan fingerprint density at radius 3 is 2.42 bits per heavy atom. The van der Waals surface area contributed by atoms with E-state index in [-0.39, 0.29) is 25.0 Å². The summed E-state index contributed by atoms with van der Waals surface area (Å²) in [6.07, 6.45) is 0. The molecule has 2 aromatic rings. The van der Waals surface area contributed by atoms with Gasteiger partial charge in [0.2, 0.25) is 5.91 Å². The van der Waals surface area contributed by atoms with Crippen molar-refractivity contribution < 1.29 is 19.1 Å². The number of hydrogen-bond acceptors (Lipinski definition) is 4. The number of nitrogens with zero attached hydrogens (tertiary/aromatic N) is 1. The lowest BCUT2D eigenvalue weighted by Gasteiger charge is -2.22. The van der Waals surface area contributed by atoms with Gasteiger partial charge in [0.05, 0.1) is 12.7 Å². The molecule has 3 amide bonds. The van der Waals surface area contributed by atoms with Gasteiger partial charge in [0.25, 0.3) is 0 Å². The van der Waals surface area contributed by atoms with E-state index < -0.39 is 5.97 Å². The minimum Gasteiger partial charge on any atom is -0.465 e. The fourth-order valence-electron chi connectivity index (χ4n) is 2.36. The molecule has 2 rings (SSSR count). The second-order valence-electron chi connectivity index (χ2n) is 5.46. The van der Waals surface area contributed by atoms with E-state index in [2.05, 4.69) is 10.6 Å². The number of carbonyl (C=O) groups excluding carboxylic acids is 3. The third-order valence-corrected chi connectivity index (χ3v) is 3.61. The van der Waals surface area contributed by atoms with Crippen molar-refractivity contribution in [3.8, 4) is 0 Å². The lowest BCUT2D eigenvalue weighted by atomic mass is 10.2. The van der Waals surface area contributed by atoms with Crippen LogP contribution in [0, 0.1) is 0 Å². The predicted octanol–water partition coefficient (Wildman–Crippen LogP) is 2.65. The zero-order valence-electron chi connectivity index (χ0n) is 14.7. The molecule has 0 saturated heterocycles. The molecular weight excluding hydrogens is 334 g/mol. The first kappa shape index (κ1) is 19.0. The quantitative estimate of drug-likeness (QED) is 0.780. The standard InChI is InChI=1S/C19H21N3O4/c1-14(23)22(17-10-6-7-15(13-17)18(24)26-2)12-11-20-19(25)21-16-8-4-3-5-9-16/h3-10,13H,11-12H2,1-2H3,(H2,20,21,25). The molecule has 0 unspecified atom stereocenters. The molecule has 0 aliphatic heterocycles. The van der Waals surface area contributed by atoms with Crippen molar-refractivity contribution in [2.75, 3.05) is 30.4 Å². The number of nitrogens with one attached hydrogen (secondary N) is 2. The van der Waals surface area contributed by atoms with Crippen molar-refractivity contribution in [1.29, 1.82) is 0 Å². The first-order valence-electron chi connectivity index (χ1n) is 8.07. The highest BCUT2D eigenvalue weighted by Gasteiger charge is 2.14. The number of anilines is 2. The van der Waals surface area contributed by atoms with Crippen molar-refractivity contribution in [2.45, 2.75) is 6.92 Å². The number of hydrogen-bond donors (Lipinski definition) is 2. The van der Waals surface area contributed by atoms with Crippen molar-refractivity contribution in [2.24, 2.45) is 0 Å². The Hall–Kier alpha value is -3.35.